The van der Waals surface area contributed by atoms with E-state index in [1.54, 1.807) is 0 Å². The van der Waals surface area contributed by atoms with Crippen molar-refractivity contribution in [2.45, 2.75) is 71.6 Å². The van der Waals surface area contributed by atoms with Crippen LogP contribution in [0.3, 0.4) is 0 Å². The second-order valence-electron chi connectivity index (χ2n) is 4.30. The van der Waals surface area contributed by atoms with Crippen molar-refractivity contribution in [3.8, 4) is 0 Å². The molecular formula is C13H28Na. The Labute approximate surface area is 114 Å². The predicted octanol–water partition coefficient (Wildman–Crippen LogP) is 4.34. The standard InChI is InChI=1S/C13H27.Na.H/c1-4-6-8-10-12-13(3)11-9-7-5-2;;/h13H,2,4-12H2,1,3H3;;. The average Bonchev–Trinajstić information content (AvgIpc) is 2.13. The summed E-state index contributed by atoms with van der Waals surface area (Å²) in [5.74, 6) is 0.948. The first kappa shape index (κ1) is 17.4. The second-order valence-corrected chi connectivity index (χ2v) is 4.30. The van der Waals surface area contributed by atoms with Crippen LogP contribution in [0.25, 0.3) is 0 Å². The summed E-state index contributed by atoms with van der Waals surface area (Å²) in [7, 11) is 0. The third-order valence-corrected chi connectivity index (χ3v) is 2.75. The Kier molecular flexibility index (Phi) is 17.4. The van der Waals surface area contributed by atoms with E-state index >= 15 is 0 Å². The molecule has 1 atom stereocenters. The van der Waals surface area contributed by atoms with Gasteiger partial charge in [0.2, 0.25) is 0 Å². The molecule has 81 valence electrons. The van der Waals surface area contributed by atoms with Crippen LogP contribution in [0.4, 0.5) is 0 Å². The second kappa shape index (κ2) is 14.0. The topological polar surface area (TPSA) is 0 Å². The van der Waals surface area contributed by atoms with Crippen molar-refractivity contribution in [3.63, 3.8) is 0 Å². The third-order valence-electron chi connectivity index (χ3n) is 2.75. The van der Waals surface area contributed by atoms with Gasteiger partial charge in [-0.25, -0.2) is 0 Å². The molecule has 0 bridgehead atoms. The molecule has 1 heteroatoms. The monoisotopic (exact) mass is 207 g/mol. The minimum atomic E-state index is 0. The van der Waals surface area contributed by atoms with Gasteiger partial charge in [0.25, 0.3) is 0 Å². The Morgan fingerprint density at radius 2 is 1.50 bits per heavy atom. The van der Waals surface area contributed by atoms with Crippen LogP contribution >= 0.6 is 0 Å². The van der Waals surface area contributed by atoms with E-state index in [1.807, 2.05) is 0 Å². The van der Waals surface area contributed by atoms with Crippen LogP contribution in [-0.2, 0) is 0 Å². The van der Waals surface area contributed by atoms with Gasteiger partial charge >= 0.3 is 29.6 Å². The van der Waals surface area contributed by atoms with Crippen LogP contribution < -0.4 is 0 Å². The molecule has 0 N–H and O–H groups in total. The van der Waals surface area contributed by atoms with Gasteiger partial charge in [0.05, 0.1) is 0 Å². The third kappa shape index (κ3) is 13.0. The van der Waals surface area contributed by atoms with E-state index in [1.165, 1.54) is 51.4 Å². The molecule has 0 saturated heterocycles. The molecule has 0 aromatic carbocycles. The van der Waals surface area contributed by atoms with E-state index in [0.29, 0.717) is 0 Å². The number of hydrogen-bond acceptors (Lipinski definition) is 0. The molecule has 0 fully saturated rings. The number of unbranched alkanes of at least 4 members (excludes halogenated alkanes) is 5. The number of rotatable bonds is 9. The molecule has 0 aromatic heterocycles. The van der Waals surface area contributed by atoms with Gasteiger partial charge in [-0.05, 0) is 5.92 Å². The summed E-state index contributed by atoms with van der Waals surface area (Å²) in [5, 5.41) is 0. The van der Waals surface area contributed by atoms with E-state index in [4.69, 9.17) is 0 Å². The molecule has 0 nitrogen and oxygen atoms in total. The van der Waals surface area contributed by atoms with Gasteiger partial charge in [0, 0.05) is 0 Å². The summed E-state index contributed by atoms with van der Waals surface area (Å²) >= 11 is 0. The fraction of sp³-hybridized carbons (Fsp3) is 0.923. The SMILES string of the molecule is [CH2]CCCCC(C)CCCCCC.[NaH]. The predicted molar refractivity (Wildman–Crippen MR) is 68.9 cm³/mol. The molecule has 14 heavy (non-hydrogen) atoms. The van der Waals surface area contributed by atoms with Crippen molar-refractivity contribution in [3.05, 3.63) is 6.92 Å². The maximum absolute atomic E-state index is 3.87. The summed E-state index contributed by atoms with van der Waals surface area (Å²) in [6.45, 7) is 8.54. The molecule has 0 aromatic rings. The Morgan fingerprint density at radius 1 is 0.929 bits per heavy atom. The first-order valence-corrected chi connectivity index (χ1v) is 6.10. The van der Waals surface area contributed by atoms with E-state index in [9.17, 15) is 0 Å². The zero-order valence-electron chi connectivity index (χ0n) is 9.65. The Morgan fingerprint density at radius 3 is 2.00 bits per heavy atom. The van der Waals surface area contributed by atoms with E-state index in [2.05, 4.69) is 20.8 Å². The maximum atomic E-state index is 3.87. The zero-order chi connectivity index (χ0) is 9.94. The van der Waals surface area contributed by atoms with Crippen LogP contribution in [0, 0.1) is 12.8 Å². The van der Waals surface area contributed by atoms with Gasteiger partial charge in [0.15, 0.2) is 0 Å². The van der Waals surface area contributed by atoms with Crippen LogP contribution in [-0.4, -0.2) is 29.6 Å². The van der Waals surface area contributed by atoms with Crippen molar-refractivity contribution >= 4 is 29.6 Å². The summed E-state index contributed by atoms with van der Waals surface area (Å²) in [6, 6.07) is 0. The zero-order valence-corrected chi connectivity index (χ0v) is 9.65. The number of hydrogen-bond donors (Lipinski definition) is 0. The fourth-order valence-corrected chi connectivity index (χ4v) is 1.73. The summed E-state index contributed by atoms with van der Waals surface area (Å²) < 4.78 is 0. The van der Waals surface area contributed by atoms with Crippen LogP contribution in [0.2, 0.25) is 0 Å². The molecule has 0 amide bonds. The van der Waals surface area contributed by atoms with Gasteiger partial charge in [-0.2, -0.15) is 0 Å². The molecule has 0 saturated carbocycles. The first-order valence-electron chi connectivity index (χ1n) is 6.10. The van der Waals surface area contributed by atoms with Crippen molar-refractivity contribution in [1.29, 1.82) is 0 Å². The summed E-state index contributed by atoms with van der Waals surface area (Å²) in [5.41, 5.74) is 0. The molecule has 0 heterocycles. The summed E-state index contributed by atoms with van der Waals surface area (Å²) in [6.07, 6.45) is 12.3. The molecule has 0 aliphatic heterocycles. The average molecular weight is 207 g/mol. The molecule has 0 aliphatic rings. The molecule has 1 radical (unpaired) electrons. The Balaban J connectivity index is 0. The molecule has 0 aliphatic carbocycles. The van der Waals surface area contributed by atoms with E-state index in [0.717, 1.165) is 12.3 Å². The van der Waals surface area contributed by atoms with Crippen LogP contribution in [0.15, 0.2) is 0 Å². The van der Waals surface area contributed by atoms with Gasteiger partial charge in [-0.1, -0.05) is 78.6 Å². The van der Waals surface area contributed by atoms with Crippen molar-refractivity contribution in [1.82, 2.24) is 0 Å². The van der Waals surface area contributed by atoms with Crippen LogP contribution in [0.1, 0.15) is 71.6 Å². The minimum absolute atomic E-state index is 0. The first-order chi connectivity index (χ1) is 6.31. The van der Waals surface area contributed by atoms with Gasteiger partial charge in [-0.3, -0.25) is 0 Å². The Hall–Kier alpha value is 1.00. The van der Waals surface area contributed by atoms with Crippen molar-refractivity contribution in [2.75, 3.05) is 0 Å². The van der Waals surface area contributed by atoms with E-state index in [-0.39, 0.29) is 29.6 Å². The fourth-order valence-electron chi connectivity index (χ4n) is 1.73. The molecule has 0 spiro atoms. The molecule has 1 unspecified atom stereocenters. The molecule has 0 rings (SSSR count). The van der Waals surface area contributed by atoms with Crippen LogP contribution in [0.5, 0.6) is 0 Å². The Bertz CT molecular complexity index is 91.2. The molecular weight excluding hydrogens is 179 g/mol. The van der Waals surface area contributed by atoms with Crippen molar-refractivity contribution in [2.24, 2.45) is 5.92 Å². The van der Waals surface area contributed by atoms with E-state index < -0.39 is 0 Å². The van der Waals surface area contributed by atoms with Gasteiger partial charge in [-0.15, -0.1) is 0 Å². The normalized spacial score (nSPS) is 12.2. The van der Waals surface area contributed by atoms with Gasteiger partial charge < -0.3 is 0 Å². The van der Waals surface area contributed by atoms with Gasteiger partial charge in [0.1, 0.15) is 0 Å². The van der Waals surface area contributed by atoms with Crippen molar-refractivity contribution < 1.29 is 0 Å². The summed E-state index contributed by atoms with van der Waals surface area (Å²) in [4.78, 5) is 0. The quantitative estimate of drug-likeness (QED) is 0.390.